The summed E-state index contributed by atoms with van der Waals surface area (Å²) < 4.78 is 11.0. The topological polar surface area (TPSA) is 39.4 Å². The maximum atomic E-state index is 12.3. The molecule has 0 amide bonds. The number of para-hydroxylation sites is 1. The molecule has 106 valence electrons. The molecular weight excluding hydrogens is 264 g/mol. The Morgan fingerprint density at radius 1 is 1.10 bits per heavy atom. The zero-order valence-electron chi connectivity index (χ0n) is 12.1. The molecular formula is C18H16O3. The molecule has 0 N–H and O–H groups in total. The van der Waals surface area contributed by atoms with Crippen LogP contribution in [0.4, 0.5) is 0 Å². The Hall–Kier alpha value is -2.55. The summed E-state index contributed by atoms with van der Waals surface area (Å²) in [4.78, 5) is 12.3. The SMILES string of the molecule is Cc1ccc(OCC(=O)c2coc3ccccc23)cc1C. The van der Waals surface area contributed by atoms with E-state index in [-0.39, 0.29) is 12.4 Å². The first kappa shape index (κ1) is 13.4. The van der Waals surface area contributed by atoms with E-state index in [1.807, 2.05) is 56.3 Å². The van der Waals surface area contributed by atoms with Crippen molar-refractivity contribution in [1.82, 2.24) is 0 Å². The van der Waals surface area contributed by atoms with Crippen LogP contribution in [0.5, 0.6) is 5.75 Å². The Labute approximate surface area is 123 Å². The van der Waals surface area contributed by atoms with Crippen LogP contribution in [0.2, 0.25) is 0 Å². The largest absolute Gasteiger partial charge is 0.485 e. The van der Waals surface area contributed by atoms with Crippen LogP contribution in [0.25, 0.3) is 11.0 Å². The molecule has 0 bridgehead atoms. The van der Waals surface area contributed by atoms with Crippen molar-refractivity contribution in [3.8, 4) is 5.75 Å². The molecule has 0 saturated heterocycles. The van der Waals surface area contributed by atoms with Crippen molar-refractivity contribution in [3.63, 3.8) is 0 Å². The number of hydrogen-bond donors (Lipinski definition) is 0. The van der Waals surface area contributed by atoms with E-state index in [0.717, 1.165) is 10.9 Å². The van der Waals surface area contributed by atoms with Gasteiger partial charge in [0.2, 0.25) is 5.78 Å². The molecule has 0 saturated carbocycles. The summed E-state index contributed by atoms with van der Waals surface area (Å²) in [5.74, 6) is 0.623. The summed E-state index contributed by atoms with van der Waals surface area (Å²) in [6, 6.07) is 13.3. The van der Waals surface area contributed by atoms with Crippen LogP contribution in [0.15, 0.2) is 53.1 Å². The van der Waals surface area contributed by atoms with Gasteiger partial charge in [0.15, 0.2) is 6.61 Å². The number of Topliss-reactive ketones (excluding diaryl/α,β-unsaturated/α-hetero) is 1. The van der Waals surface area contributed by atoms with Gasteiger partial charge in [0.05, 0.1) is 5.56 Å². The molecule has 0 fully saturated rings. The van der Waals surface area contributed by atoms with Crippen molar-refractivity contribution in [3.05, 3.63) is 65.4 Å². The summed E-state index contributed by atoms with van der Waals surface area (Å²) in [7, 11) is 0. The first-order valence-corrected chi connectivity index (χ1v) is 6.84. The first-order valence-electron chi connectivity index (χ1n) is 6.84. The highest BCUT2D eigenvalue weighted by molar-refractivity contribution is 6.07. The third-order valence-electron chi connectivity index (χ3n) is 3.63. The maximum absolute atomic E-state index is 12.3. The highest BCUT2D eigenvalue weighted by atomic mass is 16.5. The third kappa shape index (κ3) is 2.68. The molecule has 0 aliphatic carbocycles. The lowest BCUT2D eigenvalue weighted by Gasteiger charge is -2.07. The average Bonchev–Trinajstić information content (AvgIpc) is 2.92. The summed E-state index contributed by atoms with van der Waals surface area (Å²) in [6.07, 6.45) is 1.50. The molecule has 2 aromatic carbocycles. The predicted octanol–water partition coefficient (Wildman–Crippen LogP) is 4.31. The normalized spacial score (nSPS) is 10.8. The van der Waals surface area contributed by atoms with Crippen LogP contribution in [0.3, 0.4) is 0 Å². The van der Waals surface area contributed by atoms with Crippen molar-refractivity contribution >= 4 is 16.8 Å². The molecule has 1 heterocycles. The van der Waals surface area contributed by atoms with E-state index in [9.17, 15) is 4.79 Å². The zero-order chi connectivity index (χ0) is 14.8. The quantitative estimate of drug-likeness (QED) is 0.668. The minimum atomic E-state index is -0.0850. The fourth-order valence-corrected chi connectivity index (χ4v) is 2.22. The van der Waals surface area contributed by atoms with Gasteiger partial charge in [-0.25, -0.2) is 0 Å². The van der Waals surface area contributed by atoms with Crippen molar-refractivity contribution in [2.45, 2.75) is 13.8 Å². The number of furan rings is 1. The minimum absolute atomic E-state index is 0.00598. The molecule has 0 radical (unpaired) electrons. The van der Waals surface area contributed by atoms with Crippen molar-refractivity contribution in [1.29, 1.82) is 0 Å². The van der Waals surface area contributed by atoms with Crippen LogP contribution in [-0.4, -0.2) is 12.4 Å². The van der Waals surface area contributed by atoms with Crippen LogP contribution >= 0.6 is 0 Å². The molecule has 3 heteroatoms. The molecule has 0 aliphatic rings. The van der Waals surface area contributed by atoms with E-state index in [1.165, 1.54) is 11.8 Å². The van der Waals surface area contributed by atoms with Gasteiger partial charge < -0.3 is 9.15 Å². The van der Waals surface area contributed by atoms with Crippen LogP contribution < -0.4 is 4.74 Å². The molecule has 0 aliphatic heterocycles. The van der Waals surface area contributed by atoms with Crippen LogP contribution in [0, 0.1) is 13.8 Å². The Kier molecular flexibility index (Phi) is 3.48. The molecule has 3 rings (SSSR count). The molecule has 21 heavy (non-hydrogen) atoms. The first-order chi connectivity index (χ1) is 10.1. The predicted molar refractivity (Wildman–Crippen MR) is 82.0 cm³/mol. The molecule has 0 atom stereocenters. The van der Waals surface area contributed by atoms with Gasteiger partial charge in [-0.1, -0.05) is 24.3 Å². The Balaban J connectivity index is 1.76. The highest BCUT2D eigenvalue weighted by Crippen LogP contribution is 2.22. The van der Waals surface area contributed by atoms with E-state index in [4.69, 9.17) is 9.15 Å². The van der Waals surface area contributed by atoms with Gasteiger partial charge in [0, 0.05) is 5.39 Å². The number of rotatable bonds is 4. The number of benzene rings is 2. The summed E-state index contributed by atoms with van der Waals surface area (Å²) in [6.45, 7) is 4.07. The minimum Gasteiger partial charge on any atom is -0.485 e. The molecule has 3 nitrogen and oxygen atoms in total. The van der Waals surface area contributed by atoms with E-state index in [2.05, 4.69) is 0 Å². The Morgan fingerprint density at radius 2 is 1.90 bits per heavy atom. The van der Waals surface area contributed by atoms with Gasteiger partial charge in [0.25, 0.3) is 0 Å². The third-order valence-corrected chi connectivity index (χ3v) is 3.63. The van der Waals surface area contributed by atoms with E-state index >= 15 is 0 Å². The van der Waals surface area contributed by atoms with Crippen LogP contribution in [-0.2, 0) is 0 Å². The number of carbonyl (C=O) groups is 1. The van der Waals surface area contributed by atoms with Gasteiger partial charge in [-0.15, -0.1) is 0 Å². The number of carbonyl (C=O) groups excluding carboxylic acids is 1. The second kappa shape index (κ2) is 5.44. The van der Waals surface area contributed by atoms with Crippen molar-refractivity contribution < 1.29 is 13.9 Å². The van der Waals surface area contributed by atoms with Gasteiger partial charge in [-0.3, -0.25) is 4.79 Å². The smallest absolute Gasteiger partial charge is 0.204 e. The summed E-state index contributed by atoms with van der Waals surface area (Å²) in [5.41, 5.74) is 3.63. The highest BCUT2D eigenvalue weighted by Gasteiger charge is 2.14. The number of aryl methyl sites for hydroxylation is 2. The number of ether oxygens (including phenoxy) is 1. The zero-order valence-corrected chi connectivity index (χ0v) is 12.1. The standard InChI is InChI=1S/C18H16O3/c1-12-7-8-14(9-13(12)2)20-11-17(19)16-10-21-18-6-4-3-5-15(16)18/h3-10H,11H2,1-2H3. The lowest BCUT2D eigenvalue weighted by Crippen LogP contribution is -2.11. The number of ketones is 1. The lowest BCUT2D eigenvalue weighted by molar-refractivity contribution is 0.0922. The molecule has 0 spiro atoms. The van der Waals surface area contributed by atoms with Gasteiger partial charge in [-0.05, 0) is 43.2 Å². The molecule has 0 unspecified atom stereocenters. The van der Waals surface area contributed by atoms with E-state index in [1.54, 1.807) is 0 Å². The second-order valence-corrected chi connectivity index (χ2v) is 5.10. The van der Waals surface area contributed by atoms with Gasteiger partial charge in [-0.2, -0.15) is 0 Å². The van der Waals surface area contributed by atoms with Crippen molar-refractivity contribution in [2.75, 3.05) is 6.61 Å². The number of fused-ring (bicyclic) bond motifs is 1. The van der Waals surface area contributed by atoms with Crippen molar-refractivity contribution in [2.24, 2.45) is 0 Å². The average molecular weight is 280 g/mol. The monoisotopic (exact) mass is 280 g/mol. The number of hydrogen-bond acceptors (Lipinski definition) is 3. The fraction of sp³-hybridized carbons (Fsp3) is 0.167. The van der Waals surface area contributed by atoms with E-state index in [0.29, 0.717) is 16.9 Å². The lowest BCUT2D eigenvalue weighted by atomic mass is 10.1. The molecule has 1 aromatic heterocycles. The second-order valence-electron chi connectivity index (χ2n) is 5.10. The fourth-order valence-electron chi connectivity index (χ4n) is 2.22. The maximum Gasteiger partial charge on any atom is 0.204 e. The van der Waals surface area contributed by atoms with Gasteiger partial charge >= 0.3 is 0 Å². The van der Waals surface area contributed by atoms with Gasteiger partial charge in [0.1, 0.15) is 17.6 Å². The van der Waals surface area contributed by atoms with E-state index < -0.39 is 0 Å². The Bertz CT molecular complexity index is 799. The Morgan fingerprint density at radius 3 is 2.71 bits per heavy atom. The van der Waals surface area contributed by atoms with Crippen LogP contribution in [0.1, 0.15) is 21.5 Å². The summed E-state index contributed by atoms with van der Waals surface area (Å²) >= 11 is 0. The molecule has 3 aromatic rings. The summed E-state index contributed by atoms with van der Waals surface area (Å²) in [5, 5.41) is 0.825.